The minimum atomic E-state index is -3.51. The summed E-state index contributed by atoms with van der Waals surface area (Å²) in [5.41, 5.74) is 5.89. The number of fused-ring (bicyclic) bond motifs is 1. The van der Waals surface area contributed by atoms with Gasteiger partial charge in [-0.2, -0.15) is 0 Å². The number of carboxylic acid groups (broad SMARTS) is 1. The van der Waals surface area contributed by atoms with E-state index in [1.165, 1.54) is 16.7 Å². The second kappa shape index (κ2) is 8.84. The summed E-state index contributed by atoms with van der Waals surface area (Å²) in [4.78, 5) is 41.4. The van der Waals surface area contributed by atoms with E-state index in [2.05, 4.69) is 10.0 Å². The third-order valence-electron chi connectivity index (χ3n) is 6.95. The fourth-order valence-corrected chi connectivity index (χ4v) is 7.78. The van der Waals surface area contributed by atoms with E-state index < -0.39 is 34.0 Å². The van der Waals surface area contributed by atoms with Gasteiger partial charge in [0.05, 0.1) is 24.3 Å². The highest BCUT2D eigenvalue weighted by atomic mass is 32.2. The number of hydrogen-bond donors (Lipinski definition) is 4. The number of rotatable bonds is 7. The SMILES string of the molecule is C[C@@H](NS(C)(=O)=O)[C@H]1C(=O)N2C(C(=O)O)=C(S[C@@H]3CN[C@H](C(=O)N4CC[C@H](N)C4)C3)[C@H](C)[C@H]12. The number of thioether (sulfide) groups is 1. The van der Waals surface area contributed by atoms with Crippen molar-refractivity contribution < 1.29 is 27.9 Å². The quantitative estimate of drug-likeness (QED) is 0.311. The third kappa shape index (κ3) is 4.53. The summed E-state index contributed by atoms with van der Waals surface area (Å²) in [5.74, 6) is -2.41. The molecule has 0 spiro atoms. The standard InChI is InChI=1S/C20H31N5O6S2/c1-9-15-14(10(2)23-33(3,30)31)19(27)25(15)16(20(28)29)17(9)32-12-6-13(22-7-12)18(26)24-5-4-11(21)8-24/h9-15,22-23H,4-8,21H2,1-3H3,(H,28,29)/t9-,10-,11+,12+,13+,14-,15-/m1/s1. The van der Waals surface area contributed by atoms with E-state index in [4.69, 9.17) is 5.73 Å². The number of carboxylic acids is 1. The van der Waals surface area contributed by atoms with E-state index >= 15 is 0 Å². The number of nitrogens with two attached hydrogens (primary N) is 1. The lowest BCUT2D eigenvalue weighted by molar-refractivity contribution is -0.157. The molecule has 13 heteroatoms. The number of β-lactam (4-membered cyclic amide) rings is 1. The second-order valence-electron chi connectivity index (χ2n) is 9.48. The molecule has 0 radical (unpaired) electrons. The molecule has 3 fully saturated rings. The van der Waals surface area contributed by atoms with Crippen LogP contribution in [0.3, 0.4) is 0 Å². The molecule has 0 bridgehead atoms. The maximum atomic E-state index is 12.8. The molecule has 0 unspecified atom stereocenters. The number of carbonyl (C=O) groups excluding carboxylic acids is 2. The molecule has 7 atom stereocenters. The Morgan fingerprint density at radius 3 is 2.64 bits per heavy atom. The van der Waals surface area contributed by atoms with E-state index in [0.29, 0.717) is 31.0 Å². The topological polar surface area (TPSA) is 162 Å². The average molecular weight is 502 g/mol. The number of likely N-dealkylation sites (tertiary alicyclic amines) is 1. The molecule has 0 aromatic rings. The minimum absolute atomic E-state index is 0.0118. The van der Waals surface area contributed by atoms with Crippen molar-refractivity contribution in [2.75, 3.05) is 25.9 Å². The van der Waals surface area contributed by atoms with Crippen LogP contribution in [0, 0.1) is 11.8 Å². The van der Waals surface area contributed by atoms with Crippen LogP contribution < -0.4 is 15.8 Å². The van der Waals surface area contributed by atoms with Crippen LogP contribution in [0.25, 0.3) is 0 Å². The summed E-state index contributed by atoms with van der Waals surface area (Å²) < 4.78 is 25.7. The van der Waals surface area contributed by atoms with Gasteiger partial charge < -0.3 is 26.0 Å². The van der Waals surface area contributed by atoms with Crippen molar-refractivity contribution in [3.8, 4) is 0 Å². The summed E-state index contributed by atoms with van der Waals surface area (Å²) in [6.45, 7) is 5.26. The molecule has 4 aliphatic heterocycles. The van der Waals surface area contributed by atoms with Crippen molar-refractivity contribution in [3.63, 3.8) is 0 Å². The lowest BCUT2D eigenvalue weighted by Crippen LogP contribution is -2.66. The maximum absolute atomic E-state index is 12.8. The fourth-order valence-electron chi connectivity index (χ4n) is 5.48. The number of hydrogen-bond acceptors (Lipinski definition) is 8. The van der Waals surface area contributed by atoms with Gasteiger partial charge in [0.25, 0.3) is 0 Å². The van der Waals surface area contributed by atoms with Crippen molar-refractivity contribution in [1.29, 1.82) is 0 Å². The number of aliphatic carboxylic acids is 1. The highest BCUT2D eigenvalue weighted by Gasteiger charge is 2.60. The minimum Gasteiger partial charge on any atom is -0.477 e. The molecule has 0 saturated carbocycles. The van der Waals surface area contributed by atoms with Crippen LogP contribution in [0.5, 0.6) is 0 Å². The molecule has 5 N–H and O–H groups in total. The van der Waals surface area contributed by atoms with Crippen LogP contribution in [0.1, 0.15) is 26.7 Å². The number of amides is 2. The Kier molecular flexibility index (Phi) is 6.55. The van der Waals surface area contributed by atoms with Crippen molar-refractivity contribution in [2.45, 2.75) is 56.1 Å². The molecule has 0 aliphatic carbocycles. The molecule has 3 saturated heterocycles. The maximum Gasteiger partial charge on any atom is 0.353 e. The molecular formula is C20H31N5O6S2. The molecule has 2 amide bonds. The normalized spacial score (nSPS) is 35.1. The van der Waals surface area contributed by atoms with Crippen LogP contribution >= 0.6 is 11.8 Å². The Hall–Kier alpha value is -1.67. The molecule has 0 aromatic heterocycles. The van der Waals surface area contributed by atoms with E-state index in [9.17, 15) is 27.9 Å². The van der Waals surface area contributed by atoms with E-state index in [1.807, 2.05) is 6.92 Å². The number of sulfonamides is 1. The third-order valence-corrected chi connectivity index (χ3v) is 9.26. The Bertz CT molecular complexity index is 1000. The predicted molar refractivity (Wildman–Crippen MR) is 122 cm³/mol. The second-order valence-corrected chi connectivity index (χ2v) is 12.6. The first kappa shape index (κ1) is 24.5. The van der Waals surface area contributed by atoms with Crippen molar-refractivity contribution in [2.24, 2.45) is 17.6 Å². The molecule has 4 heterocycles. The van der Waals surface area contributed by atoms with Gasteiger partial charge in [-0.1, -0.05) is 6.92 Å². The van der Waals surface area contributed by atoms with Gasteiger partial charge in [-0.15, -0.1) is 11.8 Å². The lowest BCUT2D eigenvalue weighted by Gasteiger charge is -2.47. The summed E-state index contributed by atoms with van der Waals surface area (Å²) in [5, 5.41) is 13.1. The van der Waals surface area contributed by atoms with Gasteiger partial charge in [-0.05, 0) is 19.8 Å². The van der Waals surface area contributed by atoms with Crippen molar-refractivity contribution in [1.82, 2.24) is 19.8 Å². The number of nitrogens with one attached hydrogen (secondary N) is 2. The van der Waals surface area contributed by atoms with Gasteiger partial charge in [-0.25, -0.2) is 17.9 Å². The summed E-state index contributed by atoms with van der Waals surface area (Å²) >= 11 is 1.41. The van der Waals surface area contributed by atoms with Crippen LogP contribution in [-0.2, 0) is 24.4 Å². The number of nitrogens with zero attached hydrogens (tertiary/aromatic N) is 2. The molecule has 184 valence electrons. The monoisotopic (exact) mass is 501 g/mol. The van der Waals surface area contributed by atoms with E-state index in [-0.39, 0.29) is 40.8 Å². The smallest absolute Gasteiger partial charge is 0.353 e. The number of carbonyl (C=O) groups is 3. The van der Waals surface area contributed by atoms with Crippen molar-refractivity contribution in [3.05, 3.63) is 10.6 Å². The highest BCUT2D eigenvalue weighted by molar-refractivity contribution is 8.03. The largest absolute Gasteiger partial charge is 0.477 e. The molecule has 33 heavy (non-hydrogen) atoms. The summed E-state index contributed by atoms with van der Waals surface area (Å²) in [6.07, 6.45) is 2.39. The van der Waals surface area contributed by atoms with E-state index in [0.717, 1.165) is 12.7 Å². The van der Waals surface area contributed by atoms with Gasteiger partial charge in [0, 0.05) is 47.8 Å². The van der Waals surface area contributed by atoms with Gasteiger partial charge >= 0.3 is 5.97 Å². The van der Waals surface area contributed by atoms with Gasteiger partial charge in [0.15, 0.2) is 0 Å². The zero-order valence-electron chi connectivity index (χ0n) is 18.9. The molecule has 4 rings (SSSR count). The Morgan fingerprint density at radius 1 is 1.36 bits per heavy atom. The summed E-state index contributed by atoms with van der Waals surface area (Å²) in [6, 6.07) is -1.37. The lowest BCUT2D eigenvalue weighted by atomic mass is 9.78. The van der Waals surface area contributed by atoms with Crippen molar-refractivity contribution >= 4 is 39.6 Å². The first-order valence-corrected chi connectivity index (χ1v) is 13.9. The van der Waals surface area contributed by atoms with Crippen LogP contribution in [-0.4, -0.2) is 96.4 Å². The Labute approximate surface area is 197 Å². The fraction of sp³-hybridized carbons (Fsp3) is 0.750. The van der Waals surface area contributed by atoms with Crippen LogP contribution in [0.4, 0.5) is 0 Å². The molecule has 0 aromatic carbocycles. The van der Waals surface area contributed by atoms with E-state index in [1.54, 1.807) is 11.8 Å². The Morgan fingerprint density at radius 2 is 2.06 bits per heavy atom. The zero-order valence-corrected chi connectivity index (χ0v) is 20.5. The van der Waals surface area contributed by atoms with Gasteiger partial charge in [0.2, 0.25) is 21.8 Å². The molecule has 11 nitrogen and oxygen atoms in total. The zero-order chi connectivity index (χ0) is 24.2. The first-order chi connectivity index (χ1) is 15.4. The Balaban J connectivity index is 1.46. The first-order valence-electron chi connectivity index (χ1n) is 11.1. The molecule has 4 aliphatic rings. The van der Waals surface area contributed by atoms with Gasteiger partial charge in [0.1, 0.15) is 5.70 Å². The van der Waals surface area contributed by atoms with Crippen LogP contribution in [0.15, 0.2) is 10.6 Å². The predicted octanol–water partition coefficient (Wildman–Crippen LogP) is -1.28. The summed E-state index contributed by atoms with van der Waals surface area (Å²) in [7, 11) is -3.51. The van der Waals surface area contributed by atoms with Crippen LogP contribution in [0.2, 0.25) is 0 Å². The highest BCUT2D eigenvalue weighted by Crippen LogP contribution is 2.51. The van der Waals surface area contributed by atoms with Gasteiger partial charge in [-0.3, -0.25) is 9.59 Å². The molecular weight excluding hydrogens is 470 g/mol. The average Bonchev–Trinajstić information content (AvgIpc) is 3.39.